The van der Waals surface area contributed by atoms with Crippen molar-refractivity contribution in [2.24, 2.45) is 5.92 Å². The minimum absolute atomic E-state index is 0.162. The SMILES string of the molecule is O=C(c1ccc(F)c(F)c1)N1CCC(CNc2ccnc3[nH]c(=O)c4ccccc4c23)CC1. The molecule has 8 heteroatoms. The van der Waals surface area contributed by atoms with Gasteiger partial charge in [0.25, 0.3) is 11.5 Å². The molecule has 4 aromatic rings. The van der Waals surface area contributed by atoms with E-state index in [1.807, 2.05) is 24.3 Å². The molecule has 0 aliphatic carbocycles. The lowest BCUT2D eigenvalue weighted by Gasteiger charge is -2.32. The van der Waals surface area contributed by atoms with Crippen molar-refractivity contribution >= 4 is 33.4 Å². The summed E-state index contributed by atoms with van der Waals surface area (Å²) in [6, 6.07) is 12.6. The lowest BCUT2D eigenvalue weighted by molar-refractivity contribution is 0.0694. The van der Waals surface area contributed by atoms with Gasteiger partial charge in [-0.3, -0.25) is 9.59 Å². The highest BCUT2D eigenvalue weighted by molar-refractivity contribution is 6.10. The Morgan fingerprint density at radius 1 is 1.06 bits per heavy atom. The van der Waals surface area contributed by atoms with E-state index in [0.29, 0.717) is 36.6 Å². The monoisotopic (exact) mass is 448 g/mol. The number of anilines is 1. The average Bonchev–Trinajstić information content (AvgIpc) is 2.84. The summed E-state index contributed by atoms with van der Waals surface area (Å²) >= 11 is 0. The fourth-order valence-corrected chi connectivity index (χ4v) is 4.46. The standard InChI is InChI=1S/C25H22F2N4O2/c26-19-6-5-16(13-20(19)27)25(33)31-11-8-15(9-12-31)14-29-21-7-10-28-23-22(21)17-3-1-2-4-18(17)24(32)30-23/h1-7,10,13,15H,8-9,11-12,14H2,(H2,28,29,30,32). The first-order valence-electron chi connectivity index (χ1n) is 10.9. The normalized spacial score (nSPS) is 14.7. The molecule has 0 unspecified atom stereocenters. The van der Waals surface area contributed by atoms with Crippen molar-refractivity contribution in [2.45, 2.75) is 12.8 Å². The third kappa shape index (κ3) is 4.04. The molecule has 2 aromatic heterocycles. The van der Waals surface area contributed by atoms with Gasteiger partial charge in [0.1, 0.15) is 5.65 Å². The summed E-state index contributed by atoms with van der Waals surface area (Å²) in [6.45, 7) is 1.81. The number of halogens is 2. The molecule has 0 saturated carbocycles. The second kappa shape index (κ2) is 8.61. The predicted octanol–water partition coefficient (Wildman–Crippen LogP) is 4.32. The fourth-order valence-electron chi connectivity index (χ4n) is 4.46. The number of pyridine rings is 2. The van der Waals surface area contributed by atoms with Crippen LogP contribution in [-0.4, -0.2) is 40.4 Å². The number of nitrogens with one attached hydrogen (secondary N) is 2. The van der Waals surface area contributed by atoms with Gasteiger partial charge in [-0.1, -0.05) is 18.2 Å². The van der Waals surface area contributed by atoms with Gasteiger partial charge >= 0.3 is 0 Å². The number of carbonyl (C=O) groups excluding carboxylic acids is 1. The first-order valence-corrected chi connectivity index (χ1v) is 10.9. The van der Waals surface area contributed by atoms with Crippen LogP contribution in [0.1, 0.15) is 23.2 Å². The van der Waals surface area contributed by atoms with Crippen molar-refractivity contribution in [3.63, 3.8) is 0 Å². The van der Waals surface area contributed by atoms with Crippen molar-refractivity contribution < 1.29 is 13.6 Å². The Labute approximate surface area is 188 Å². The highest BCUT2D eigenvalue weighted by Crippen LogP contribution is 2.28. The summed E-state index contributed by atoms with van der Waals surface area (Å²) < 4.78 is 26.6. The molecular formula is C25H22F2N4O2. The number of aromatic nitrogens is 2. The summed E-state index contributed by atoms with van der Waals surface area (Å²) in [5.41, 5.74) is 1.43. The minimum Gasteiger partial charge on any atom is -0.384 e. The Kier molecular flexibility index (Phi) is 5.50. The Morgan fingerprint density at radius 3 is 2.58 bits per heavy atom. The molecule has 2 N–H and O–H groups in total. The number of carbonyl (C=O) groups is 1. The molecule has 6 nitrogen and oxygen atoms in total. The van der Waals surface area contributed by atoms with Crippen molar-refractivity contribution in [3.8, 4) is 0 Å². The summed E-state index contributed by atoms with van der Waals surface area (Å²) in [4.78, 5) is 33.8. The van der Waals surface area contributed by atoms with Crippen LogP contribution in [0.3, 0.4) is 0 Å². The van der Waals surface area contributed by atoms with E-state index in [-0.39, 0.29) is 17.0 Å². The van der Waals surface area contributed by atoms with Gasteiger partial charge in [-0.2, -0.15) is 0 Å². The van der Waals surface area contributed by atoms with Crippen LogP contribution in [0, 0.1) is 17.6 Å². The number of rotatable bonds is 4. The molecule has 0 atom stereocenters. The predicted molar refractivity (Wildman–Crippen MR) is 123 cm³/mol. The van der Waals surface area contributed by atoms with Gasteiger partial charge in [0.15, 0.2) is 11.6 Å². The van der Waals surface area contributed by atoms with Gasteiger partial charge < -0.3 is 15.2 Å². The van der Waals surface area contributed by atoms with Gasteiger partial charge in [0.05, 0.1) is 0 Å². The number of hydrogen-bond acceptors (Lipinski definition) is 4. The molecule has 1 saturated heterocycles. The van der Waals surface area contributed by atoms with Gasteiger partial charge in [0.2, 0.25) is 0 Å². The average molecular weight is 448 g/mol. The fraction of sp³-hybridized carbons (Fsp3) is 0.240. The Balaban J connectivity index is 1.28. The maximum atomic E-state index is 13.5. The number of H-pyrrole nitrogens is 1. The molecule has 0 radical (unpaired) electrons. The highest BCUT2D eigenvalue weighted by atomic mass is 19.2. The number of likely N-dealkylation sites (tertiary alicyclic amines) is 1. The van der Waals surface area contributed by atoms with Crippen LogP contribution in [0.25, 0.3) is 21.8 Å². The smallest absolute Gasteiger partial charge is 0.257 e. The van der Waals surface area contributed by atoms with Gasteiger partial charge in [0, 0.05) is 53.2 Å². The zero-order chi connectivity index (χ0) is 22.9. The van der Waals surface area contributed by atoms with E-state index >= 15 is 0 Å². The number of fused-ring (bicyclic) bond motifs is 3. The molecule has 3 heterocycles. The quantitative estimate of drug-likeness (QED) is 0.456. The molecule has 5 rings (SSSR count). The van der Waals surface area contributed by atoms with Crippen molar-refractivity contribution in [1.82, 2.24) is 14.9 Å². The van der Waals surface area contributed by atoms with Gasteiger partial charge in [-0.05, 0) is 49.1 Å². The molecule has 0 spiro atoms. The van der Waals surface area contributed by atoms with Crippen LogP contribution in [0.4, 0.5) is 14.5 Å². The molecule has 0 bridgehead atoms. The first kappa shape index (κ1) is 21.1. The Hall–Kier alpha value is -3.81. The highest BCUT2D eigenvalue weighted by Gasteiger charge is 2.24. The van der Waals surface area contributed by atoms with Crippen molar-refractivity contribution in [1.29, 1.82) is 0 Å². The zero-order valence-electron chi connectivity index (χ0n) is 17.8. The molecule has 1 aliphatic heterocycles. The van der Waals surface area contributed by atoms with Crippen LogP contribution in [0.2, 0.25) is 0 Å². The third-order valence-electron chi connectivity index (χ3n) is 6.27. The van der Waals surface area contributed by atoms with Crippen LogP contribution in [0.5, 0.6) is 0 Å². The topological polar surface area (TPSA) is 78.1 Å². The molecular weight excluding hydrogens is 426 g/mol. The maximum Gasteiger partial charge on any atom is 0.257 e. The number of benzene rings is 2. The minimum atomic E-state index is -1.02. The molecule has 168 valence electrons. The number of hydrogen-bond donors (Lipinski definition) is 2. The van der Waals surface area contributed by atoms with Crippen molar-refractivity contribution in [3.05, 3.63) is 82.3 Å². The lowest BCUT2D eigenvalue weighted by Crippen LogP contribution is -2.40. The maximum absolute atomic E-state index is 13.5. The van der Waals surface area contributed by atoms with Crippen LogP contribution in [0.15, 0.2) is 59.5 Å². The molecule has 33 heavy (non-hydrogen) atoms. The largest absolute Gasteiger partial charge is 0.384 e. The number of aromatic amines is 1. The second-order valence-corrected chi connectivity index (χ2v) is 8.33. The van der Waals surface area contributed by atoms with Crippen LogP contribution >= 0.6 is 0 Å². The van der Waals surface area contributed by atoms with E-state index in [2.05, 4.69) is 15.3 Å². The number of amides is 1. The summed E-state index contributed by atoms with van der Waals surface area (Å²) in [6.07, 6.45) is 3.25. The van der Waals surface area contributed by atoms with E-state index < -0.39 is 11.6 Å². The van der Waals surface area contributed by atoms with E-state index in [0.717, 1.165) is 41.4 Å². The zero-order valence-corrected chi connectivity index (χ0v) is 17.8. The van der Waals surface area contributed by atoms with E-state index in [1.165, 1.54) is 6.07 Å². The third-order valence-corrected chi connectivity index (χ3v) is 6.27. The van der Waals surface area contributed by atoms with E-state index in [1.54, 1.807) is 17.2 Å². The number of piperidine rings is 1. The molecule has 2 aromatic carbocycles. The summed E-state index contributed by atoms with van der Waals surface area (Å²) in [7, 11) is 0. The van der Waals surface area contributed by atoms with Gasteiger partial charge in [-0.15, -0.1) is 0 Å². The molecule has 1 aliphatic rings. The van der Waals surface area contributed by atoms with Crippen LogP contribution in [-0.2, 0) is 0 Å². The van der Waals surface area contributed by atoms with Gasteiger partial charge in [-0.25, -0.2) is 13.8 Å². The Bertz CT molecular complexity index is 1410. The summed E-state index contributed by atoms with van der Waals surface area (Å²) in [5, 5.41) is 5.84. The lowest BCUT2D eigenvalue weighted by atomic mass is 9.96. The van der Waals surface area contributed by atoms with E-state index in [9.17, 15) is 18.4 Å². The molecule has 1 fully saturated rings. The first-order chi connectivity index (χ1) is 16.0. The molecule has 1 amide bonds. The summed E-state index contributed by atoms with van der Waals surface area (Å²) in [5.74, 6) is -1.91. The van der Waals surface area contributed by atoms with E-state index in [4.69, 9.17) is 0 Å². The van der Waals surface area contributed by atoms with Crippen molar-refractivity contribution in [2.75, 3.05) is 25.0 Å². The van der Waals surface area contributed by atoms with Crippen LogP contribution < -0.4 is 10.9 Å². The Morgan fingerprint density at radius 2 is 1.82 bits per heavy atom. The second-order valence-electron chi connectivity index (χ2n) is 8.33. The number of nitrogens with zero attached hydrogens (tertiary/aromatic N) is 2.